The fourth-order valence-electron chi connectivity index (χ4n) is 0.831. The van der Waals surface area contributed by atoms with Gasteiger partial charge in [-0.3, -0.25) is 9.59 Å². The molecule has 6 heteroatoms. The summed E-state index contributed by atoms with van der Waals surface area (Å²) >= 11 is 0. The molecule has 0 saturated carbocycles. The topological polar surface area (TPSA) is 81.7 Å². The Morgan fingerprint density at radius 3 is 2.14 bits per heavy atom. The Bertz CT molecular complexity index is 238. The van der Waals surface area contributed by atoms with Crippen LogP contribution in [-0.2, 0) is 23.9 Å². The summed E-state index contributed by atoms with van der Waals surface area (Å²) in [6.07, 6.45) is -0.233. The third-order valence-electron chi connectivity index (χ3n) is 1.46. The molecule has 1 unspecified atom stereocenters. The van der Waals surface area contributed by atoms with E-state index in [1.54, 1.807) is 0 Å². The van der Waals surface area contributed by atoms with Crippen LogP contribution >= 0.6 is 0 Å². The van der Waals surface area contributed by atoms with Crippen molar-refractivity contribution in [2.24, 2.45) is 0 Å². The molecule has 0 rings (SSSR count). The van der Waals surface area contributed by atoms with Gasteiger partial charge < -0.3 is 14.8 Å². The summed E-state index contributed by atoms with van der Waals surface area (Å²) in [4.78, 5) is 32.6. The van der Waals surface area contributed by atoms with E-state index in [2.05, 4.69) is 14.8 Å². The SMILES string of the molecule is COC(=O)CC(NC(C)=O)C(=O)OC. The van der Waals surface area contributed by atoms with Gasteiger partial charge in [-0.15, -0.1) is 0 Å². The van der Waals surface area contributed by atoms with Crippen molar-refractivity contribution >= 4 is 17.8 Å². The molecule has 0 fully saturated rings. The normalized spacial score (nSPS) is 11.4. The number of methoxy groups -OCH3 is 2. The third-order valence-corrected chi connectivity index (χ3v) is 1.46. The lowest BCUT2D eigenvalue weighted by Gasteiger charge is -2.13. The van der Waals surface area contributed by atoms with Crippen LogP contribution in [0.4, 0.5) is 0 Å². The van der Waals surface area contributed by atoms with Crippen LogP contribution in [0.25, 0.3) is 0 Å². The Morgan fingerprint density at radius 2 is 1.79 bits per heavy atom. The number of carbonyl (C=O) groups is 3. The Balaban J connectivity index is 4.31. The van der Waals surface area contributed by atoms with Gasteiger partial charge >= 0.3 is 11.9 Å². The van der Waals surface area contributed by atoms with Crippen LogP contribution in [0.3, 0.4) is 0 Å². The second-order valence-electron chi connectivity index (χ2n) is 2.56. The highest BCUT2D eigenvalue weighted by molar-refractivity contribution is 5.87. The molecule has 1 N–H and O–H groups in total. The summed E-state index contributed by atoms with van der Waals surface area (Å²) in [5, 5.41) is 2.28. The predicted octanol–water partition coefficient (Wildman–Crippen LogP) is -0.773. The molecule has 0 radical (unpaired) electrons. The highest BCUT2D eigenvalue weighted by Gasteiger charge is 2.23. The van der Waals surface area contributed by atoms with Crippen LogP contribution in [0.1, 0.15) is 13.3 Å². The summed E-state index contributed by atoms with van der Waals surface area (Å²) in [7, 11) is 2.37. The number of hydrogen-bond donors (Lipinski definition) is 1. The molecular formula is C8H13NO5. The minimum atomic E-state index is -0.982. The molecule has 14 heavy (non-hydrogen) atoms. The molecule has 1 atom stereocenters. The molecule has 0 aliphatic heterocycles. The van der Waals surface area contributed by atoms with Crippen molar-refractivity contribution in [2.75, 3.05) is 14.2 Å². The number of amides is 1. The Hall–Kier alpha value is -1.59. The second-order valence-corrected chi connectivity index (χ2v) is 2.56. The van der Waals surface area contributed by atoms with Gasteiger partial charge in [-0.2, -0.15) is 0 Å². The molecule has 0 bridgehead atoms. The van der Waals surface area contributed by atoms with Crippen molar-refractivity contribution in [3.63, 3.8) is 0 Å². The van der Waals surface area contributed by atoms with Crippen LogP contribution in [0.15, 0.2) is 0 Å². The van der Waals surface area contributed by atoms with E-state index in [4.69, 9.17) is 0 Å². The molecule has 0 aliphatic carbocycles. The molecule has 0 aromatic rings. The molecule has 0 aromatic carbocycles. The summed E-state index contributed by atoms with van der Waals surface area (Å²) in [5.74, 6) is -1.68. The maximum atomic E-state index is 11.1. The number of esters is 2. The number of hydrogen-bond acceptors (Lipinski definition) is 5. The van der Waals surface area contributed by atoms with Crippen LogP contribution < -0.4 is 5.32 Å². The number of nitrogens with one attached hydrogen (secondary N) is 1. The minimum absolute atomic E-state index is 0.233. The molecule has 6 nitrogen and oxygen atoms in total. The molecule has 0 spiro atoms. The van der Waals surface area contributed by atoms with Gasteiger partial charge in [0.1, 0.15) is 6.04 Å². The summed E-state index contributed by atoms with van der Waals surface area (Å²) in [5.41, 5.74) is 0. The van der Waals surface area contributed by atoms with Crippen molar-refractivity contribution in [1.82, 2.24) is 5.32 Å². The highest BCUT2D eigenvalue weighted by Crippen LogP contribution is 1.97. The van der Waals surface area contributed by atoms with Gasteiger partial charge in [0.05, 0.1) is 20.6 Å². The monoisotopic (exact) mass is 203 g/mol. The van der Waals surface area contributed by atoms with E-state index in [1.807, 2.05) is 0 Å². The van der Waals surface area contributed by atoms with Gasteiger partial charge in [-0.25, -0.2) is 4.79 Å². The van der Waals surface area contributed by atoms with Crippen molar-refractivity contribution in [1.29, 1.82) is 0 Å². The zero-order chi connectivity index (χ0) is 11.1. The average molecular weight is 203 g/mol. The van der Waals surface area contributed by atoms with Gasteiger partial charge in [0.2, 0.25) is 5.91 Å². The quantitative estimate of drug-likeness (QED) is 0.606. The van der Waals surface area contributed by atoms with E-state index in [0.717, 1.165) is 0 Å². The van der Waals surface area contributed by atoms with E-state index < -0.39 is 23.9 Å². The van der Waals surface area contributed by atoms with Crippen molar-refractivity contribution in [3.8, 4) is 0 Å². The molecule has 0 aromatic heterocycles. The largest absolute Gasteiger partial charge is 0.469 e. The zero-order valence-corrected chi connectivity index (χ0v) is 8.33. The molecule has 1 amide bonds. The van der Waals surface area contributed by atoms with Gasteiger partial charge in [-0.05, 0) is 0 Å². The van der Waals surface area contributed by atoms with E-state index in [1.165, 1.54) is 21.1 Å². The Morgan fingerprint density at radius 1 is 1.21 bits per heavy atom. The van der Waals surface area contributed by atoms with Crippen LogP contribution in [-0.4, -0.2) is 38.1 Å². The fraction of sp³-hybridized carbons (Fsp3) is 0.625. The molecule has 0 heterocycles. The Labute approximate surface area is 81.6 Å². The lowest BCUT2D eigenvalue weighted by molar-refractivity contribution is -0.150. The maximum Gasteiger partial charge on any atom is 0.328 e. The minimum Gasteiger partial charge on any atom is -0.469 e. The lowest BCUT2D eigenvalue weighted by atomic mass is 10.2. The smallest absolute Gasteiger partial charge is 0.328 e. The van der Waals surface area contributed by atoms with Crippen LogP contribution in [0.2, 0.25) is 0 Å². The molecule has 80 valence electrons. The Kier molecular flexibility index (Phi) is 5.28. The number of ether oxygens (including phenoxy) is 2. The predicted molar refractivity (Wildman–Crippen MR) is 46.3 cm³/mol. The first-order valence-electron chi connectivity index (χ1n) is 3.93. The van der Waals surface area contributed by atoms with E-state index in [-0.39, 0.29) is 6.42 Å². The van der Waals surface area contributed by atoms with E-state index >= 15 is 0 Å². The first-order chi connectivity index (χ1) is 6.51. The standard InChI is InChI=1S/C8H13NO5/c1-5(10)9-6(8(12)14-3)4-7(11)13-2/h6H,4H2,1-3H3,(H,9,10). The first kappa shape index (κ1) is 12.4. The number of rotatable bonds is 4. The molecule has 0 aliphatic rings. The summed E-state index contributed by atoms with van der Waals surface area (Å²) in [6, 6.07) is -0.982. The highest BCUT2D eigenvalue weighted by atomic mass is 16.5. The van der Waals surface area contributed by atoms with Crippen molar-refractivity contribution in [2.45, 2.75) is 19.4 Å². The third kappa shape index (κ3) is 4.44. The van der Waals surface area contributed by atoms with E-state index in [0.29, 0.717) is 0 Å². The second kappa shape index (κ2) is 5.95. The fourth-order valence-corrected chi connectivity index (χ4v) is 0.831. The summed E-state index contributed by atoms with van der Waals surface area (Å²) < 4.78 is 8.76. The average Bonchev–Trinajstić information content (AvgIpc) is 2.14. The molecular weight excluding hydrogens is 190 g/mol. The first-order valence-corrected chi connectivity index (χ1v) is 3.93. The van der Waals surface area contributed by atoms with Crippen LogP contribution in [0, 0.1) is 0 Å². The van der Waals surface area contributed by atoms with Crippen molar-refractivity contribution in [3.05, 3.63) is 0 Å². The van der Waals surface area contributed by atoms with Gasteiger partial charge in [0.25, 0.3) is 0 Å². The van der Waals surface area contributed by atoms with E-state index in [9.17, 15) is 14.4 Å². The van der Waals surface area contributed by atoms with Gasteiger partial charge in [0, 0.05) is 6.92 Å². The zero-order valence-electron chi connectivity index (χ0n) is 8.33. The molecule has 0 saturated heterocycles. The summed E-state index contributed by atoms with van der Waals surface area (Å²) in [6.45, 7) is 1.24. The van der Waals surface area contributed by atoms with Crippen LogP contribution in [0.5, 0.6) is 0 Å². The number of carbonyl (C=O) groups excluding carboxylic acids is 3. The van der Waals surface area contributed by atoms with Gasteiger partial charge in [-0.1, -0.05) is 0 Å². The maximum absolute atomic E-state index is 11.1. The van der Waals surface area contributed by atoms with Gasteiger partial charge in [0.15, 0.2) is 0 Å². The lowest BCUT2D eigenvalue weighted by Crippen LogP contribution is -2.42. The van der Waals surface area contributed by atoms with Crippen molar-refractivity contribution < 1.29 is 23.9 Å².